The Hall–Kier alpha value is -0.820. The van der Waals surface area contributed by atoms with Crippen LogP contribution in [0.4, 0.5) is 0 Å². The van der Waals surface area contributed by atoms with Gasteiger partial charge in [-0.2, -0.15) is 0 Å². The predicted molar refractivity (Wildman–Crippen MR) is 76.6 cm³/mol. The second-order valence-electron chi connectivity index (χ2n) is 5.15. The Balaban J connectivity index is 2.02. The molecular weight excluding hydrogens is 242 g/mol. The van der Waals surface area contributed by atoms with E-state index in [0.717, 1.165) is 18.0 Å². The van der Waals surface area contributed by atoms with Crippen molar-refractivity contribution in [1.29, 1.82) is 0 Å². The summed E-state index contributed by atoms with van der Waals surface area (Å²) < 4.78 is 0. The second-order valence-corrected chi connectivity index (χ2v) is 6.15. The maximum atomic E-state index is 8.75. The highest BCUT2D eigenvalue weighted by molar-refractivity contribution is 7.10. The van der Waals surface area contributed by atoms with Gasteiger partial charge in [-0.25, -0.2) is 0 Å². The van der Waals surface area contributed by atoms with Crippen LogP contribution in [0.3, 0.4) is 0 Å². The number of aliphatic hydroxyl groups is 1. The molecule has 1 aromatic heterocycles. The smallest absolute Gasteiger partial charge is 0.0540 e. The van der Waals surface area contributed by atoms with E-state index in [1.165, 1.54) is 17.8 Å². The van der Waals surface area contributed by atoms with Gasteiger partial charge in [0.15, 0.2) is 0 Å². The van der Waals surface area contributed by atoms with Gasteiger partial charge in [0.2, 0.25) is 0 Å². The van der Waals surface area contributed by atoms with E-state index in [2.05, 4.69) is 42.0 Å². The molecule has 0 saturated carbocycles. The van der Waals surface area contributed by atoms with Crippen molar-refractivity contribution < 1.29 is 5.11 Å². The molecule has 2 heterocycles. The van der Waals surface area contributed by atoms with E-state index in [1.54, 1.807) is 11.3 Å². The van der Waals surface area contributed by atoms with Gasteiger partial charge in [-0.05, 0) is 30.7 Å². The fourth-order valence-electron chi connectivity index (χ4n) is 2.58. The lowest BCUT2D eigenvalue weighted by atomic mass is 10.1. The fourth-order valence-corrected chi connectivity index (χ4v) is 3.43. The van der Waals surface area contributed by atoms with Crippen LogP contribution in [-0.2, 0) is 6.54 Å². The molecule has 2 atom stereocenters. The minimum absolute atomic E-state index is 0.146. The SMILES string of the molecule is CC1CC(C)N(Cc2sccc2C#CCCO)C1. The zero-order valence-corrected chi connectivity index (χ0v) is 12.0. The molecule has 2 rings (SSSR count). The summed E-state index contributed by atoms with van der Waals surface area (Å²) in [6.45, 7) is 7.00. The number of nitrogens with zero attached hydrogens (tertiary/aromatic N) is 1. The number of aliphatic hydroxyl groups excluding tert-OH is 1. The summed E-state index contributed by atoms with van der Waals surface area (Å²) in [6.07, 6.45) is 1.86. The van der Waals surface area contributed by atoms with E-state index in [9.17, 15) is 0 Å². The summed E-state index contributed by atoms with van der Waals surface area (Å²) in [6, 6.07) is 2.77. The number of rotatable bonds is 3. The van der Waals surface area contributed by atoms with Crippen molar-refractivity contribution in [1.82, 2.24) is 4.90 Å². The lowest BCUT2D eigenvalue weighted by Crippen LogP contribution is -2.26. The largest absolute Gasteiger partial charge is 0.395 e. The molecule has 0 radical (unpaired) electrons. The minimum atomic E-state index is 0.146. The van der Waals surface area contributed by atoms with Gasteiger partial charge in [0.05, 0.1) is 6.61 Å². The number of likely N-dealkylation sites (tertiary alicyclic amines) is 1. The summed E-state index contributed by atoms with van der Waals surface area (Å²) in [7, 11) is 0. The van der Waals surface area contributed by atoms with Crippen LogP contribution in [0, 0.1) is 17.8 Å². The summed E-state index contributed by atoms with van der Waals surface area (Å²) in [5, 5.41) is 10.9. The quantitative estimate of drug-likeness (QED) is 0.848. The van der Waals surface area contributed by atoms with Gasteiger partial charge < -0.3 is 5.11 Å². The Morgan fingerprint density at radius 1 is 1.50 bits per heavy atom. The van der Waals surface area contributed by atoms with Crippen molar-refractivity contribution in [3.63, 3.8) is 0 Å². The van der Waals surface area contributed by atoms with E-state index in [0.29, 0.717) is 12.5 Å². The van der Waals surface area contributed by atoms with Crippen LogP contribution in [0.15, 0.2) is 11.4 Å². The third-order valence-electron chi connectivity index (χ3n) is 3.46. The first-order valence-electron chi connectivity index (χ1n) is 6.61. The Morgan fingerprint density at radius 3 is 3.00 bits per heavy atom. The number of hydrogen-bond donors (Lipinski definition) is 1. The standard InChI is InChI=1S/C15H21NOS/c1-12-9-13(2)16(10-12)11-15-14(6-8-18-15)5-3-4-7-17/h6,8,12-13,17H,4,7,9-11H2,1-2H3. The Bertz CT molecular complexity index is 443. The van der Waals surface area contributed by atoms with E-state index in [-0.39, 0.29) is 6.61 Å². The average Bonchev–Trinajstić information content (AvgIpc) is 2.88. The van der Waals surface area contributed by atoms with Crippen molar-refractivity contribution in [3.05, 3.63) is 21.9 Å². The third-order valence-corrected chi connectivity index (χ3v) is 4.37. The molecule has 2 nitrogen and oxygen atoms in total. The molecule has 2 unspecified atom stereocenters. The van der Waals surface area contributed by atoms with Crippen molar-refractivity contribution >= 4 is 11.3 Å². The molecule has 1 saturated heterocycles. The van der Waals surface area contributed by atoms with Crippen LogP contribution < -0.4 is 0 Å². The monoisotopic (exact) mass is 263 g/mol. The summed E-state index contributed by atoms with van der Waals surface area (Å²) in [5.41, 5.74) is 1.14. The first-order valence-corrected chi connectivity index (χ1v) is 7.48. The summed E-state index contributed by atoms with van der Waals surface area (Å²) in [5.74, 6) is 6.99. The zero-order chi connectivity index (χ0) is 13.0. The van der Waals surface area contributed by atoms with E-state index in [1.807, 2.05) is 0 Å². The Morgan fingerprint density at radius 2 is 2.33 bits per heavy atom. The maximum Gasteiger partial charge on any atom is 0.0540 e. The molecule has 1 aliphatic heterocycles. The number of thiophene rings is 1. The molecule has 1 fully saturated rings. The van der Waals surface area contributed by atoms with E-state index < -0.39 is 0 Å². The van der Waals surface area contributed by atoms with Gasteiger partial charge in [-0.1, -0.05) is 18.8 Å². The molecule has 1 aliphatic rings. The van der Waals surface area contributed by atoms with Gasteiger partial charge in [-0.15, -0.1) is 11.3 Å². The third kappa shape index (κ3) is 3.35. The van der Waals surface area contributed by atoms with Crippen molar-refractivity contribution in [2.24, 2.45) is 5.92 Å². The normalized spacial score (nSPS) is 23.9. The highest BCUT2D eigenvalue weighted by atomic mass is 32.1. The molecule has 3 heteroatoms. The van der Waals surface area contributed by atoms with Gasteiger partial charge in [-0.3, -0.25) is 4.90 Å². The molecule has 0 amide bonds. The van der Waals surface area contributed by atoms with Gasteiger partial charge in [0, 0.05) is 36.0 Å². The zero-order valence-electron chi connectivity index (χ0n) is 11.1. The van der Waals surface area contributed by atoms with Gasteiger partial charge in [0.25, 0.3) is 0 Å². The van der Waals surface area contributed by atoms with Crippen molar-refractivity contribution in [2.45, 2.75) is 39.3 Å². The van der Waals surface area contributed by atoms with Crippen LogP contribution in [0.2, 0.25) is 0 Å². The van der Waals surface area contributed by atoms with Crippen LogP contribution >= 0.6 is 11.3 Å². The van der Waals surface area contributed by atoms with Crippen LogP contribution in [0.25, 0.3) is 0 Å². The fraction of sp³-hybridized carbons (Fsp3) is 0.600. The highest BCUT2D eigenvalue weighted by Crippen LogP contribution is 2.27. The van der Waals surface area contributed by atoms with Crippen molar-refractivity contribution in [2.75, 3.05) is 13.2 Å². The first-order chi connectivity index (χ1) is 8.70. The summed E-state index contributed by atoms with van der Waals surface area (Å²) >= 11 is 1.79. The van der Waals surface area contributed by atoms with Crippen LogP contribution in [0.5, 0.6) is 0 Å². The molecule has 1 aromatic rings. The first kappa shape index (κ1) is 13.6. The van der Waals surface area contributed by atoms with Crippen LogP contribution in [0.1, 0.15) is 37.1 Å². The average molecular weight is 263 g/mol. The summed E-state index contributed by atoms with van der Waals surface area (Å²) in [4.78, 5) is 3.91. The molecule has 18 heavy (non-hydrogen) atoms. The lowest BCUT2D eigenvalue weighted by Gasteiger charge is -2.20. The molecule has 0 bridgehead atoms. The van der Waals surface area contributed by atoms with Crippen LogP contribution in [-0.4, -0.2) is 29.2 Å². The minimum Gasteiger partial charge on any atom is -0.395 e. The van der Waals surface area contributed by atoms with E-state index >= 15 is 0 Å². The molecule has 0 spiro atoms. The lowest BCUT2D eigenvalue weighted by molar-refractivity contribution is 0.259. The second kappa shape index (κ2) is 6.38. The molecule has 1 N–H and O–H groups in total. The molecule has 0 aromatic carbocycles. The topological polar surface area (TPSA) is 23.5 Å². The maximum absolute atomic E-state index is 8.75. The predicted octanol–water partition coefficient (Wildman–Crippen LogP) is 2.71. The molecular formula is C15H21NOS. The Kier molecular flexibility index (Phi) is 4.82. The number of hydrogen-bond acceptors (Lipinski definition) is 3. The molecule has 98 valence electrons. The molecule has 0 aliphatic carbocycles. The van der Waals surface area contributed by atoms with Gasteiger partial charge >= 0.3 is 0 Å². The van der Waals surface area contributed by atoms with Gasteiger partial charge in [0.1, 0.15) is 0 Å². The van der Waals surface area contributed by atoms with E-state index in [4.69, 9.17) is 5.11 Å². The Labute approximate surface area is 114 Å². The van der Waals surface area contributed by atoms with Crippen molar-refractivity contribution in [3.8, 4) is 11.8 Å². The highest BCUT2D eigenvalue weighted by Gasteiger charge is 2.26.